The predicted molar refractivity (Wildman–Crippen MR) is 67.3 cm³/mol. The molecule has 0 bridgehead atoms. The molecule has 17 heavy (non-hydrogen) atoms. The van der Waals surface area contributed by atoms with Gasteiger partial charge in [0.05, 0.1) is 24.8 Å². The summed E-state index contributed by atoms with van der Waals surface area (Å²) in [5, 5.41) is 8.82. The number of rotatable bonds is 6. The highest BCUT2D eigenvalue weighted by Crippen LogP contribution is 2.28. The zero-order valence-corrected chi connectivity index (χ0v) is 10.7. The van der Waals surface area contributed by atoms with E-state index in [-0.39, 0.29) is 0 Å². The van der Waals surface area contributed by atoms with Gasteiger partial charge in [-0.05, 0) is 31.4 Å². The van der Waals surface area contributed by atoms with Crippen LogP contribution >= 0.6 is 0 Å². The lowest BCUT2D eigenvalue weighted by molar-refractivity contribution is 0.261. The molecule has 0 amide bonds. The maximum absolute atomic E-state index is 8.82. The molecule has 0 fully saturated rings. The topological polar surface area (TPSA) is 42.2 Å². The molecule has 0 unspecified atom stereocenters. The predicted octanol–water partition coefficient (Wildman–Crippen LogP) is 3.38. The zero-order chi connectivity index (χ0) is 12.7. The highest BCUT2D eigenvalue weighted by molar-refractivity contribution is 5.46. The Morgan fingerprint density at radius 1 is 1.24 bits per heavy atom. The van der Waals surface area contributed by atoms with E-state index >= 15 is 0 Å². The average Bonchev–Trinajstić information content (AvgIpc) is 2.31. The first kappa shape index (κ1) is 13.4. The van der Waals surface area contributed by atoms with E-state index in [0.717, 1.165) is 6.42 Å². The van der Waals surface area contributed by atoms with Crippen LogP contribution in [0.15, 0.2) is 18.2 Å². The first-order valence-electron chi connectivity index (χ1n) is 5.97. The quantitative estimate of drug-likeness (QED) is 0.756. The van der Waals surface area contributed by atoms with E-state index in [1.165, 1.54) is 0 Å². The van der Waals surface area contributed by atoms with Gasteiger partial charge in [0.1, 0.15) is 0 Å². The number of benzene rings is 1. The summed E-state index contributed by atoms with van der Waals surface area (Å²) < 4.78 is 11.1. The molecule has 1 aromatic rings. The van der Waals surface area contributed by atoms with Gasteiger partial charge in [-0.15, -0.1) is 0 Å². The van der Waals surface area contributed by atoms with Crippen LogP contribution < -0.4 is 9.47 Å². The molecule has 1 rings (SSSR count). The van der Waals surface area contributed by atoms with Gasteiger partial charge < -0.3 is 9.47 Å². The van der Waals surface area contributed by atoms with Crippen molar-refractivity contribution in [1.29, 1.82) is 5.26 Å². The van der Waals surface area contributed by atoms with Crippen molar-refractivity contribution < 1.29 is 9.47 Å². The molecule has 0 heterocycles. The first-order valence-corrected chi connectivity index (χ1v) is 5.97. The largest absolute Gasteiger partial charge is 0.490 e. The molecular formula is C14H19NO2. The fourth-order valence-corrected chi connectivity index (χ4v) is 1.37. The summed E-state index contributed by atoms with van der Waals surface area (Å²) in [5.74, 6) is 1.98. The van der Waals surface area contributed by atoms with E-state index in [2.05, 4.69) is 19.9 Å². The molecule has 0 aliphatic heterocycles. The van der Waals surface area contributed by atoms with Gasteiger partial charge >= 0.3 is 0 Å². The van der Waals surface area contributed by atoms with E-state index in [4.69, 9.17) is 14.7 Å². The second-order valence-electron chi connectivity index (χ2n) is 4.24. The van der Waals surface area contributed by atoms with Crippen LogP contribution in [0.3, 0.4) is 0 Å². The van der Waals surface area contributed by atoms with Crippen LogP contribution in [-0.2, 0) is 0 Å². The van der Waals surface area contributed by atoms with E-state index in [0.29, 0.717) is 36.2 Å². The second kappa shape index (κ2) is 6.80. The van der Waals surface area contributed by atoms with E-state index in [1.54, 1.807) is 18.2 Å². The van der Waals surface area contributed by atoms with Crippen molar-refractivity contribution in [2.24, 2.45) is 5.92 Å². The van der Waals surface area contributed by atoms with Crippen LogP contribution in [0.25, 0.3) is 0 Å². The van der Waals surface area contributed by atoms with Crippen LogP contribution in [0.4, 0.5) is 0 Å². The normalized spacial score (nSPS) is 10.1. The third-order valence-electron chi connectivity index (χ3n) is 2.33. The van der Waals surface area contributed by atoms with Crippen LogP contribution in [-0.4, -0.2) is 13.2 Å². The van der Waals surface area contributed by atoms with Gasteiger partial charge in [-0.2, -0.15) is 5.26 Å². The first-order chi connectivity index (χ1) is 8.17. The second-order valence-corrected chi connectivity index (χ2v) is 4.24. The standard InChI is InChI=1S/C14H19NO2/c1-4-16-14-9-12(10-15)5-6-13(14)17-8-7-11(2)3/h5-6,9,11H,4,7-8H2,1-3H3. The Labute approximate surface area is 103 Å². The molecule has 0 aliphatic carbocycles. The van der Waals surface area contributed by atoms with Gasteiger partial charge in [-0.1, -0.05) is 13.8 Å². The van der Waals surface area contributed by atoms with E-state index in [9.17, 15) is 0 Å². The Morgan fingerprint density at radius 2 is 2.00 bits per heavy atom. The molecular weight excluding hydrogens is 214 g/mol. The Bertz CT molecular complexity index is 394. The van der Waals surface area contributed by atoms with Crippen molar-refractivity contribution in [2.75, 3.05) is 13.2 Å². The fourth-order valence-electron chi connectivity index (χ4n) is 1.37. The molecule has 0 atom stereocenters. The minimum absolute atomic E-state index is 0.565. The zero-order valence-electron chi connectivity index (χ0n) is 10.7. The summed E-state index contributed by atoms with van der Waals surface area (Å²) in [5.41, 5.74) is 0.588. The minimum Gasteiger partial charge on any atom is -0.490 e. The van der Waals surface area contributed by atoms with Gasteiger partial charge in [0.15, 0.2) is 11.5 Å². The lowest BCUT2D eigenvalue weighted by atomic mass is 10.1. The van der Waals surface area contributed by atoms with Crippen LogP contribution in [0.2, 0.25) is 0 Å². The molecule has 1 aromatic carbocycles. The van der Waals surface area contributed by atoms with Gasteiger partial charge in [0, 0.05) is 6.07 Å². The molecule has 0 N–H and O–H groups in total. The lowest BCUT2D eigenvalue weighted by Crippen LogP contribution is -2.03. The third-order valence-corrected chi connectivity index (χ3v) is 2.33. The van der Waals surface area contributed by atoms with E-state index < -0.39 is 0 Å². The number of hydrogen-bond acceptors (Lipinski definition) is 3. The summed E-state index contributed by atoms with van der Waals surface area (Å²) in [7, 11) is 0. The Hall–Kier alpha value is -1.69. The minimum atomic E-state index is 0.565. The molecule has 0 aromatic heterocycles. The number of ether oxygens (including phenoxy) is 2. The lowest BCUT2D eigenvalue weighted by Gasteiger charge is -2.12. The van der Waals surface area contributed by atoms with Gasteiger partial charge in [-0.25, -0.2) is 0 Å². The summed E-state index contributed by atoms with van der Waals surface area (Å²) in [6, 6.07) is 7.35. The number of nitrogens with zero attached hydrogens (tertiary/aromatic N) is 1. The maximum Gasteiger partial charge on any atom is 0.162 e. The van der Waals surface area contributed by atoms with Crippen molar-refractivity contribution in [3.63, 3.8) is 0 Å². The SMILES string of the molecule is CCOc1cc(C#N)ccc1OCCC(C)C. The average molecular weight is 233 g/mol. The molecule has 0 spiro atoms. The summed E-state index contributed by atoms with van der Waals surface area (Å²) in [6.07, 6.45) is 1.01. The van der Waals surface area contributed by atoms with Crippen molar-refractivity contribution in [2.45, 2.75) is 27.2 Å². The molecule has 0 aliphatic rings. The van der Waals surface area contributed by atoms with Gasteiger partial charge in [0.25, 0.3) is 0 Å². The summed E-state index contributed by atoms with van der Waals surface area (Å²) in [4.78, 5) is 0. The van der Waals surface area contributed by atoms with Crippen molar-refractivity contribution >= 4 is 0 Å². The monoisotopic (exact) mass is 233 g/mol. The summed E-state index contributed by atoms with van der Waals surface area (Å²) >= 11 is 0. The Balaban J connectivity index is 2.72. The van der Waals surface area contributed by atoms with Gasteiger partial charge in [-0.3, -0.25) is 0 Å². The molecule has 3 heteroatoms. The Kier molecular flexibility index (Phi) is 5.35. The maximum atomic E-state index is 8.82. The summed E-state index contributed by atoms with van der Waals surface area (Å²) in [6.45, 7) is 7.47. The Morgan fingerprint density at radius 3 is 2.59 bits per heavy atom. The molecule has 3 nitrogen and oxygen atoms in total. The van der Waals surface area contributed by atoms with Crippen LogP contribution in [0, 0.1) is 17.2 Å². The van der Waals surface area contributed by atoms with Crippen molar-refractivity contribution in [3.8, 4) is 17.6 Å². The molecule has 0 saturated carbocycles. The highest BCUT2D eigenvalue weighted by Gasteiger charge is 2.06. The fraction of sp³-hybridized carbons (Fsp3) is 0.500. The molecule has 92 valence electrons. The van der Waals surface area contributed by atoms with Crippen molar-refractivity contribution in [1.82, 2.24) is 0 Å². The highest BCUT2D eigenvalue weighted by atomic mass is 16.5. The smallest absolute Gasteiger partial charge is 0.162 e. The van der Waals surface area contributed by atoms with Crippen LogP contribution in [0.5, 0.6) is 11.5 Å². The molecule has 0 radical (unpaired) electrons. The van der Waals surface area contributed by atoms with Crippen LogP contribution in [0.1, 0.15) is 32.8 Å². The van der Waals surface area contributed by atoms with Crippen molar-refractivity contribution in [3.05, 3.63) is 23.8 Å². The third kappa shape index (κ3) is 4.36. The molecule has 0 saturated heterocycles. The number of hydrogen-bond donors (Lipinski definition) is 0. The van der Waals surface area contributed by atoms with Gasteiger partial charge in [0.2, 0.25) is 0 Å². The number of nitriles is 1. The van der Waals surface area contributed by atoms with E-state index in [1.807, 2.05) is 6.92 Å².